The van der Waals surface area contributed by atoms with Gasteiger partial charge in [-0.05, 0) is 58.9 Å². The average molecular weight is 498 g/mol. The quantitative estimate of drug-likeness (QED) is 0.431. The highest BCUT2D eigenvalue weighted by molar-refractivity contribution is 7.89. The van der Waals surface area contributed by atoms with E-state index in [1.165, 1.54) is 24.6 Å². The van der Waals surface area contributed by atoms with Crippen molar-refractivity contribution in [1.29, 1.82) is 0 Å². The fourth-order valence-electron chi connectivity index (χ4n) is 2.98. The highest BCUT2D eigenvalue weighted by atomic mass is 35.5. The largest absolute Gasteiger partial charge is 0.375 e. The lowest BCUT2D eigenvalue weighted by molar-refractivity contribution is 0.102. The zero-order chi connectivity index (χ0) is 22.8. The highest BCUT2D eigenvalue weighted by Crippen LogP contribution is 2.34. The molecule has 8 nitrogen and oxygen atoms in total. The zero-order valence-electron chi connectivity index (χ0n) is 16.6. The monoisotopic (exact) mass is 497 g/mol. The van der Waals surface area contributed by atoms with E-state index in [9.17, 15) is 13.2 Å². The Kier molecular flexibility index (Phi) is 7.12. The molecular formula is C19H20ClN5O3S3. The number of hydrogen-bond acceptors (Lipinski definition) is 6. The second kappa shape index (κ2) is 9.45. The fraction of sp³-hybridized carbons (Fsp3) is 0.211. The van der Waals surface area contributed by atoms with Crippen molar-refractivity contribution in [3.63, 3.8) is 0 Å². The molecule has 3 rings (SSSR count). The second-order valence-corrected chi connectivity index (χ2v) is 10.3. The molecule has 0 aliphatic carbocycles. The minimum Gasteiger partial charge on any atom is -0.375 e. The van der Waals surface area contributed by atoms with Crippen LogP contribution in [0.3, 0.4) is 0 Å². The Labute approximate surface area is 194 Å². The molecule has 0 fully saturated rings. The number of nitrogens with zero attached hydrogens (tertiary/aromatic N) is 2. The molecule has 0 bridgehead atoms. The zero-order valence-corrected chi connectivity index (χ0v) is 19.8. The number of rotatable bonds is 7. The number of hydrogen-bond donors (Lipinski definition) is 3. The topological polar surface area (TPSA) is 117 Å². The molecule has 164 valence electrons. The Hall–Kier alpha value is -2.31. The van der Waals surface area contributed by atoms with Gasteiger partial charge in [-0.1, -0.05) is 18.5 Å². The van der Waals surface area contributed by atoms with Crippen LogP contribution in [0.5, 0.6) is 0 Å². The lowest BCUT2D eigenvalue weighted by Crippen LogP contribution is -2.47. The normalized spacial score (nSPS) is 12.5. The Morgan fingerprint density at radius 3 is 2.71 bits per heavy atom. The number of pyridine rings is 1. The minimum absolute atomic E-state index is 0.0790. The average Bonchev–Trinajstić information content (AvgIpc) is 3.15. The SMILES string of the molecule is CNS(=O)(=O)N(C[C@H](C)c1csc2ccc(NC(=O)c3ccc(Cl)cn3)cc12)C(N)=S. The molecule has 0 spiro atoms. The number of carbonyl (C=O) groups excluding carboxylic acids is 1. The number of aromatic nitrogens is 1. The molecule has 0 aliphatic rings. The van der Waals surface area contributed by atoms with Gasteiger partial charge in [0.1, 0.15) is 5.69 Å². The maximum atomic E-state index is 12.5. The summed E-state index contributed by atoms with van der Waals surface area (Å²) in [5, 5.41) is 5.90. The molecule has 0 unspecified atom stereocenters. The van der Waals surface area contributed by atoms with Crippen molar-refractivity contribution < 1.29 is 13.2 Å². The molecule has 3 aromatic rings. The van der Waals surface area contributed by atoms with Gasteiger partial charge in [-0.25, -0.2) is 14.0 Å². The van der Waals surface area contributed by atoms with Crippen LogP contribution in [0.1, 0.15) is 28.9 Å². The summed E-state index contributed by atoms with van der Waals surface area (Å²) < 4.78 is 28.7. The van der Waals surface area contributed by atoms with E-state index in [1.54, 1.807) is 18.2 Å². The maximum absolute atomic E-state index is 12.5. The predicted molar refractivity (Wildman–Crippen MR) is 129 cm³/mol. The van der Waals surface area contributed by atoms with Gasteiger partial charge in [-0.3, -0.25) is 4.79 Å². The maximum Gasteiger partial charge on any atom is 0.303 e. The summed E-state index contributed by atoms with van der Waals surface area (Å²) in [4.78, 5) is 16.5. The van der Waals surface area contributed by atoms with Crippen LogP contribution in [0.25, 0.3) is 10.1 Å². The smallest absolute Gasteiger partial charge is 0.303 e. The molecule has 0 radical (unpaired) electrons. The lowest BCUT2D eigenvalue weighted by atomic mass is 10.00. The van der Waals surface area contributed by atoms with E-state index in [1.807, 2.05) is 24.4 Å². The van der Waals surface area contributed by atoms with Crippen molar-refractivity contribution in [2.75, 3.05) is 18.9 Å². The van der Waals surface area contributed by atoms with Crippen LogP contribution in [-0.4, -0.2) is 42.3 Å². The third-order valence-electron chi connectivity index (χ3n) is 4.59. The Balaban J connectivity index is 1.86. The molecule has 2 heterocycles. The van der Waals surface area contributed by atoms with Crippen molar-refractivity contribution in [2.24, 2.45) is 5.73 Å². The van der Waals surface area contributed by atoms with Gasteiger partial charge in [0.15, 0.2) is 5.11 Å². The van der Waals surface area contributed by atoms with E-state index in [-0.39, 0.29) is 29.2 Å². The molecule has 0 aliphatic heterocycles. The summed E-state index contributed by atoms with van der Waals surface area (Å²) in [5.74, 6) is -0.567. The first-order valence-electron chi connectivity index (χ1n) is 9.07. The number of thiocarbonyl (C=S) groups is 1. The van der Waals surface area contributed by atoms with Crippen molar-refractivity contribution in [3.05, 3.63) is 58.2 Å². The van der Waals surface area contributed by atoms with Gasteiger partial charge in [-0.15, -0.1) is 11.3 Å². The second-order valence-electron chi connectivity index (χ2n) is 6.70. The van der Waals surface area contributed by atoms with Crippen LogP contribution in [0.2, 0.25) is 5.02 Å². The minimum atomic E-state index is -3.81. The predicted octanol–water partition coefficient (Wildman–Crippen LogP) is 3.32. The van der Waals surface area contributed by atoms with Crippen LogP contribution in [0.15, 0.2) is 41.9 Å². The first-order chi connectivity index (χ1) is 14.6. The van der Waals surface area contributed by atoms with E-state index in [0.717, 1.165) is 20.0 Å². The molecule has 1 amide bonds. The van der Waals surface area contributed by atoms with E-state index in [4.69, 9.17) is 29.6 Å². The number of halogens is 1. The van der Waals surface area contributed by atoms with E-state index >= 15 is 0 Å². The Morgan fingerprint density at radius 2 is 2.10 bits per heavy atom. The number of anilines is 1. The van der Waals surface area contributed by atoms with Crippen LogP contribution in [-0.2, 0) is 10.2 Å². The summed E-state index contributed by atoms with van der Waals surface area (Å²) in [5.41, 5.74) is 7.40. The van der Waals surface area contributed by atoms with Crippen molar-refractivity contribution >= 4 is 72.2 Å². The summed E-state index contributed by atoms with van der Waals surface area (Å²) in [6, 6.07) is 8.69. The highest BCUT2D eigenvalue weighted by Gasteiger charge is 2.25. The summed E-state index contributed by atoms with van der Waals surface area (Å²) in [6.45, 7) is 1.97. The van der Waals surface area contributed by atoms with Gasteiger partial charge < -0.3 is 11.1 Å². The van der Waals surface area contributed by atoms with Gasteiger partial charge in [0.2, 0.25) is 0 Å². The third kappa shape index (κ3) is 5.31. The molecule has 2 aromatic heterocycles. The van der Waals surface area contributed by atoms with Gasteiger partial charge >= 0.3 is 10.2 Å². The number of benzene rings is 1. The first kappa shape index (κ1) is 23.4. The number of amides is 1. The Morgan fingerprint density at radius 1 is 1.35 bits per heavy atom. The number of nitrogens with one attached hydrogen (secondary N) is 2. The standard InChI is InChI=1S/C19H20ClN5O3S3/c1-11(9-25(19(21)29)31(27,28)22-2)15-10-30-17-6-4-13(7-14(15)17)24-18(26)16-5-3-12(20)8-23-16/h3-8,10-11,22H,9H2,1-2H3,(H2,21,29)(H,24,26)/t11-/m0/s1. The summed E-state index contributed by atoms with van der Waals surface area (Å²) in [6.07, 6.45) is 1.41. The van der Waals surface area contributed by atoms with E-state index < -0.39 is 10.2 Å². The van der Waals surface area contributed by atoms with Crippen molar-refractivity contribution in [3.8, 4) is 0 Å². The lowest BCUT2D eigenvalue weighted by Gasteiger charge is -2.25. The van der Waals surface area contributed by atoms with Gasteiger partial charge in [0.05, 0.1) is 5.02 Å². The molecule has 31 heavy (non-hydrogen) atoms. The fourth-order valence-corrected chi connectivity index (χ4v) is 5.40. The van der Waals surface area contributed by atoms with Crippen LogP contribution >= 0.6 is 35.2 Å². The van der Waals surface area contributed by atoms with Gasteiger partial charge in [0, 0.05) is 36.1 Å². The molecule has 1 aromatic carbocycles. The first-order valence-corrected chi connectivity index (χ1v) is 12.2. The van der Waals surface area contributed by atoms with Gasteiger partial charge in [0.25, 0.3) is 5.91 Å². The van der Waals surface area contributed by atoms with Crippen molar-refractivity contribution in [1.82, 2.24) is 14.0 Å². The number of fused-ring (bicyclic) bond motifs is 1. The van der Waals surface area contributed by atoms with Crippen molar-refractivity contribution in [2.45, 2.75) is 12.8 Å². The number of thiophene rings is 1. The number of nitrogens with two attached hydrogens (primary N) is 1. The molecular weight excluding hydrogens is 478 g/mol. The van der Waals surface area contributed by atoms with Crippen LogP contribution in [0.4, 0.5) is 5.69 Å². The van der Waals surface area contributed by atoms with Crippen LogP contribution < -0.4 is 15.8 Å². The molecule has 12 heteroatoms. The number of carbonyl (C=O) groups is 1. The van der Waals surface area contributed by atoms with Gasteiger partial charge in [-0.2, -0.15) is 8.42 Å². The molecule has 0 saturated heterocycles. The van der Waals surface area contributed by atoms with E-state index in [2.05, 4.69) is 15.0 Å². The molecule has 4 N–H and O–H groups in total. The molecule has 1 atom stereocenters. The third-order valence-corrected chi connectivity index (χ3v) is 7.57. The summed E-state index contributed by atoms with van der Waals surface area (Å²) in [7, 11) is -2.51. The van der Waals surface area contributed by atoms with E-state index in [0.29, 0.717) is 10.7 Å². The molecule has 0 saturated carbocycles. The van der Waals surface area contributed by atoms with Crippen LogP contribution in [0, 0.1) is 0 Å². The summed E-state index contributed by atoms with van der Waals surface area (Å²) >= 11 is 12.3. The Bertz CT molecular complexity index is 1230.